The van der Waals surface area contributed by atoms with Gasteiger partial charge in [-0.2, -0.15) is 4.73 Å². The van der Waals surface area contributed by atoms with Gasteiger partial charge in [0.2, 0.25) is 6.20 Å². The molecule has 0 aliphatic rings. The van der Waals surface area contributed by atoms with E-state index in [0.717, 1.165) is 0 Å². The van der Waals surface area contributed by atoms with E-state index < -0.39 is 0 Å². The molecule has 0 radical (unpaired) electrons. The Balaban J connectivity index is 3.07. The molecule has 10 heavy (non-hydrogen) atoms. The number of hydrogen-bond acceptors (Lipinski definition) is 2. The van der Waals surface area contributed by atoms with Gasteiger partial charge in [0.15, 0.2) is 6.20 Å². The van der Waals surface area contributed by atoms with Crippen LogP contribution in [0, 0.1) is 5.21 Å². The van der Waals surface area contributed by atoms with Crippen LogP contribution in [-0.4, -0.2) is 7.11 Å². The normalized spacial score (nSPS) is 9.40. The first-order valence-electron chi connectivity index (χ1n) is 2.66. The Morgan fingerprint density at radius 2 is 2.40 bits per heavy atom. The maximum atomic E-state index is 10.5. The molecule has 0 unspecified atom stereocenters. The van der Waals surface area contributed by atoms with Crippen molar-refractivity contribution in [3.05, 3.63) is 28.7 Å². The minimum atomic E-state index is 0.319. The molecule has 0 aromatic carbocycles. The van der Waals surface area contributed by atoms with E-state index in [0.29, 0.717) is 15.5 Å². The maximum absolute atomic E-state index is 10.5. The highest BCUT2D eigenvalue weighted by Crippen LogP contribution is 2.19. The van der Waals surface area contributed by atoms with E-state index in [1.54, 1.807) is 0 Å². The first-order chi connectivity index (χ1) is 4.74. The largest absolute Gasteiger partial charge is 0.619 e. The fourth-order valence-corrected chi connectivity index (χ4v) is 0.841. The lowest BCUT2D eigenvalue weighted by molar-refractivity contribution is -0.605. The lowest BCUT2D eigenvalue weighted by atomic mass is 10.4. The van der Waals surface area contributed by atoms with Gasteiger partial charge in [0.25, 0.3) is 0 Å². The summed E-state index contributed by atoms with van der Waals surface area (Å²) in [6.07, 6.45) is 2.56. The number of halogens is 1. The third kappa shape index (κ3) is 1.30. The smallest absolute Gasteiger partial charge is 0.202 e. The van der Waals surface area contributed by atoms with Crippen LogP contribution in [0.15, 0.2) is 18.5 Å². The van der Waals surface area contributed by atoms with Crippen molar-refractivity contribution in [1.29, 1.82) is 0 Å². The van der Waals surface area contributed by atoms with E-state index in [9.17, 15) is 5.21 Å². The highest BCUT2D eigenvalue weighted by molar-refractivity contribution is 6.31. The summed E-state index contributed by atoms with van der Waals surface area (Å²) < 4.78 is 5.43. The SMILES string of the molecule is COc1cc[n+]([O-])cc1Cl. The molecule has 0 spiro atoms. The first-order valence-corrected chi connectivity index (χ1v) is 3.04. The molecule has 0 atom stereocenters. The molecular weight excluding hydrogens is 154 g/mol. The predicted octanol–water partition coefficient (Wildman–Crippen LogP) is 0.982. The molecule has 1 rings (SSSR count). The van der Waals surface area contributed by atoms with Crippen molar-refractivity contribution in [2.45, 2.75) is 0 Å². The van der Waals surface area contributed by atoms with Gasteiger partial charge < -0.3 is 9.94 Å². The monoisotopic (exact) mass is 159 g/mol. The molecule has 0 aliphatic heterocycles. The third-order valence-corrected chi connectivity index (χ3v) is 1.35. The molecule has 0 fully saturated rings. The summed E-state index contributed by atoms with van der Waals surface area (Å²) in [5.74, 6) is 0.508. The molecule has 3 nitrogen and oxygen atoms in total. The van der Waals surface area contributed by atoms with Gasteiger partial charge >= 0.3 is 0 Å². The van der Waals surface area contributed by atoms with Gasteiger partial charge in [0, 0.05) is 6.07 Å². The zero-order valence-corrected chi connectivity index (χ0v) is 6.13. The van der Waals surface area contributed by atoms with Crippen LogP contribution in [0.3, 0.4) is 0 Å². The van der Waals surface area contributed by atoms with Crippen LogP contribution in [0.4, 0.5) is 0 Å². The summed E-state index contributed by atoms with van der Waals surface area (Å²) in [4.78, 5) is 0. The fraction of sp³-hybridized carbons (Fsp3) is 0.167. The maximum Gasteiger partial charge on any atom is 0.202 e. The van der Waals surface area contributed by atoms with E-state index in [2.05, 4.69) is 0 Å². The average Bonchev–Trinajstić information content (AvgIpc) is 1.88. The quantitative estimate of drug-likeness (QED) is 0.453. The Hall–Kier alpha value is -0.960. The van der Waals surface area contributed by atoms with Crippen molar-refractivity contribution in [2.75, 3.05) is 7.11 Å². The number of pyridine rings is 1. The number of rotatable bonds is 1. The van der Waals surface area contributed by atoms with Crippen molar-refractivity contribution in [2.24, 2.45) is 0 Å². The second-order valence-corrected chi connectivity index (χ2v) is 2.13. The Kier molecular flexibility index (Phi) is 1.97. The standard InChI is InChI=1S/C6H6ClNO2/c1-10-6-2-3-8(9)4-5(6)7/h2-4H,1H3. The second-order valence-electron chi connectivity index (χ2n) is 1.72. The van der Waals surface area contributed by atoms with Crippen molar-refractivity contribution >= 4 is 11.6 Å². The molecular formula is C6H6ClNO2. The number of ether oxygens (including phenoxy) is 1. The molecule has 1 heterocycles. The summed E-state index contributed by atoms with van der Waals surface area (Å²) >= 11 is 5.58. The van der Waals surface area contributed by atoms with Gasteiger partial charge in [-0.15, -0.1) is 0 Å². The van der Waals surface area contributed by atoms with Crippen molar-refractivity contribution in [3.63, 3.8) is 0 Å². The van der Waals surface area contributed by atoms with E-state index in [4.69, 9.17) is 16.3 Å². The van der Waals surface area contributed by atoms with Crippen LogP contribution in [0.5, 0.6) is 5.75 Å². The van der Waals surface area contributed by atoms with Crippen LogP contribution < -0.4 is 9.47 Å². The van der Waals surface area contributed by atoms with Gasteiger partial charge in [-0.05, 0) is 0 Å². The highest BCUT2D eigenvalue weighted by atomic mass is 35.5. The van der Waals surface area contributed by atoms with Crippen LogP contribution in [0.25, 0.3) is 0 Å². The molecule has 0 bridgehead atoms. The molecule has 1 aromatic rings. The highest BCUT2D eigenvalue weighted by Gasteiger charge is 2.01. The van der Waals surface area contributed by atoms with Crippen LogP contribution in [0.1, 0.15) is 0 Å². The Morgan fingerprint density at radius 1 is 1.70 bits per heavy atom. The van der Waals surface area contributed by atoms with Gasteiger partial charge in [-0.3, -0.25) is 0 Å². The van der Waals surface area contributed by atoms with Gasteiger partial charge in [-0.25, -0.2) is 0 Å². The van der Waals surface area contributed by atoms with Gasteiger partial charge in [0.1, 0.15) is 10.8 Å². The van der Waals surface area contributed by atoms with E-state index in [-0.39, 0.29) is 0 Å². The predicted molar refractivity (Wildman–Crippen MR) is 37.0 cm³/mol. The second kappa shape index (κ2) is 2.75. The Bertz CT molecular complexity index is 239. The average molecular weight is 160 g/mol. The Morgan fingerprint density at radius 3 is 2.90 bits per heavy atom. The summed E-state index contributed by atoms with van der Waals surface area (Å²) in [6, 6.07) is 1.51. The lowest BCUT2D eigenvalue weighted by Gasteiger charge is -2.00. The molecule has 0 amide bonds. The molecule has 1 aromatic heterocycles. The summed E-state index contributed by atoms with van der Waals surface area (Å²) in [7, 11) is 1.50. The van der Waals surface area contributed by atoms with Crippen LogP contribution in [-0.2, 0) is 0 Å². The third-order valence-electron chi connectivity index (χ3n) is 1.07. The fourth-order valence-electron chi connectivity index (χ4n) is 0.605. The van der Waals surface area contributed by atoms with Crippen molar-refractivity contribution in [3.8, 4) is 5.75 Å². The van der Waals surface area contributed by atoms with Gasteiger partial charge in [0.05, 0.1) is 7.11 Å². The van der Waals surface area contributed by atoms with E-state index >= 15 is 0 Å². The molecule has 0 N–H and O–H groups in total. The summed E-state index contributed by atoms with van der Waals surface area (Å²) in [6.45, 7) is 0. The summed E-state index contributed by atoms with van der Waals surface area (Å²) in [5, 5.41) is 10.9. The van der Waals surface area contributed by atoms with E-state index in [1.165, 1.54) is 25.6 Å². The summed E-state index contributed by atoms with van der Waals surface area (Å²) in [5.41, 5.74) is 0. The lowest BCUT2D eigenvalue weighted by Crippen LogP contribution is -2.23. The zero-order chi connectivity index (χ0) is 7.56. The molecule has 0 saturated carbocycles. The van der Waals surface area contributed by atoms with E-state index in [1.807, 2.05) is 0 Å². The zero-order valence-electron chi connectivity index (χ0n) is 5.37. The number of aromatic nitrogens is 1. The van der Waals surface area contributed by atoms with Crippen molar-refractivity contribution < 1.29 is 9.47 Å². The first kappa shape index (κ1) is 7.15. The molecule has 4 heteroatoms. The number of nitrogens with zero attached hydrogens (tertiary/aromatic N) is 1. The van der Waals surface area contributed by atoms with Crippen LogP contribution >= 0.6 is 11.6 Å². The molecule has 0 aliphatic carbocycles. The van der Waals surface area contributed by atoms with Gasteiger partial charge in [-0.1, -0.05) is 11.6 Å². The number of hydrogen-bond donors (Lipinski definition) is 0. The topological polar surface area (TPSA) is 36.2 Å². The molecule has 0 saturated heterocycles. The van der Waals surface area contributed by atoms with Crippen LogP contribution in [0.2, 0.25) is 5.02 Å². The van der Waals surface area contributed by atoms with Crippen molar-refractivity contribution in [1.82, 2.24) is 0 Å². The minimum Gasteiger partial charge on any atom is -0.619 e. The minimum absolute atomic E-state index is 0.319. The molecule has 54 valence electrons. The Labute approximate surface area is 63.4 Å². The number of methoxy groups -OCH3 is 1.